The minimum absolute atomic E-state index is 0.0784. The first kappa shape index (κ1) is 16.9. The number of aromatic nitrogens is 3. The van der Waals surface area contributed by atoms with Gasteiger partial charge in [0.05, 0.1) is 11.6 Å². The highest BCUT2D eigenvalue weighted by molar-refractivity contribution is 5.73. The fourth-order valence-electron chi connectivity index (χ4n) is 1.99. The normalized spacial score (nSPS) is 12.7. The van der Waals surface area contributed by atoms with Crippen LogP contribution in [0.25, 0.3) is 11.5 Å². The number of hydrogen-bond donors (Lipinski definition) is 1. The fourth-order valence-corrected chi connectivity index (χ4v) is 1.99. The largest absolute Gasteiger partial charge is 0.475 e. The van der Waals surface area contributed by atoms with E-state index >= 15 is 0 Å². The van der Waals surface area contributed by atoms with Gasteiger partial charge in [0.2, 0.25) is 11.8 Å². The van der Waals surface area contributed by atoms with Crippen molar-refractivity contribution in [1.82, 2.24) is 20.4 Å². The molecule has 0 radical (unpaired) electrons. The zero-order chi connectivity index (χ0) is 17.0. The first-order valence-electron chi connectivity index (χ1n) is 7.58. The molecule has 1 atom stereocenters. The Labute approximate surface area is 135 Å². The van der Waals surface area contributed by atoms with Crippen LogP contribution in [0, 0.1) is 0 Å². The number of hydrogen-bond acceptors (Lipinski definition) is 6. The van der Waals surface area contributed by atoms with E-state index in [4.69, 9.17) is 9.26 Å². The lowest BCUT2D eigenvalue weighted by Crippen LogP contribution is -2.40. The van der Waals surface area contributed by atoms with Crippen molar-refractivity contribution in [3.63, 3.8) is 0 Å². The van der Waals surface area contributed by atoms with Crippen LogP contribution in [0.3, 0.4) is 0 Å². The molecule has 124 valence electrons. The molecule has 0 spiro atoms. The van der Waals surface area contributed by atoms with Crippen LogP contribution in [-0.4, -0.2) is 27.1 Å². The predicted molar refractivity (Wildman–Crippen MR) is 84.8 cm³/mol. The second kappa shape index (κ2) is 6.76. The van der Waals surface area contributed by atoms with E-state index < -0.39 is 5.54 Å². The molecule has 0 bridgehead atoms. The highest BCUT2D eigenvalue weighted by Crippen LogP contribution is 2.24. The van der Waals surface area contributed by atoms with Gasteiger partial charge in [-0.2, -0.15) is 4.98 Å². The van der Waals surface area contributed by atoms with Gasteiger partial charge in [0.1, 0.15) is 0 Å². The van der Waals surface area contributed by atoms with Gasteiger partial charge in [-0.1, -0.05) is 12.1 Å². The number of rotatable bonds is 6. The van der Waals surface area contributed by atoms with Crippen LogP contribution >= 0.6 is 0 Å². The minimum Gasteiger partial charge on any atom is -0.475 e. The van der Waals surface area contributed by atoms with Crippen molar-refractivity contribution in [2.75, 3.05) is 0 Å². The van der Waals surface area contributed by atoms with Gasteiger partial charge in [-0.15, -0.1) is 0 Å². The Hall–Kier alpha value is -2.44. The summed E-state index contributed by atoms with van der Waals surface area (Å²) in [7, 11) is 0. The molecule has 0 saturated heterocycles. The number of nitrogens with one attached hydrogen (secondary N) is 1. The minimum atomic E-state index is -0.712. The lowest BCUT2D eigenvalue weighted by molar-refractivity contribution is -0.120. The summed E-state index contributed by atoms with van der Waals surface area (Å²) in [5, 5.41) is 6.75. The van der Waals surface area contributed by atoms with Gasteiger partial charge < -0.3 is 14.6 Å². The Morgan fingerprint density at radius 1 is 1.48 bits per heavy atom. The van der Waals surface area contributed by atoms with Crippen molar-refractivity contribution in [3.05, 3.63) is 24.2 Å². The molecular formula is C16H22N4O3. The molecule has 23 heavy (non-hydrogen) atoms. The lowest BCUT2D eigenvalue weighted by Gasteiger charge is -2.20. The van der Waals surface area contributed by atoms with Crippen LogP contribution in [0.2, 0.25) is 0 Å². The smallest absolute Gasteiger partial charge is 0.258 e. The van der Waals surface area contributed by atoms with Crippen molar-refractivity contribution in [2.24, 2.45) is 0 Å². The van der Waals surface area contributed by atoms with E-state index in [1.807, 2.05) is 27.7 Å². The van der Waals surface area contributed by atoms with Gasteiger partial charge in [-0.05, 0) is 33.3 Å². The first-order chi connectivity index (χ1) is 10.8. The van der Waals surface area contributed by atoms with Crippen molar-refractivity contribution < 1.29 is 14.1 Å². The molecular weight excluding hydrogens is 296 g/mol. The Kier molecular flexibility index (Phi) is 4.98. The third-order valence-electron chi connectivity index (χ3n) is 3.35. The molecule has 2 heterocycles. The molecule has 0 aromatic carbocycles. The van der Waals surface area contributed by atoms with Crippen LogP contribution in [0.5, 0.6) is 5.88 Å². The van der Waals surface area contributed by atoms with Gasteiger partial charge in [0, 0.05) is 24.8 Å². The zero-order valence-corrected chi connectivity index (χ0v) is 14.1. The molecule has 0 saturated carbocycles. The molecule has 0 unspecified atom stereocenters. The summed E-state index contributed by atoms with van der Waals surface area (Å²) in [4.78, 5) is 19.8. The maximum atomic E-state index is 11.3. The number of carbonyl (C=O) groups excluding carboxylic acids is 1. The number of nitrogens with zero attached hydrogens (tertiary/aromatic N) is 3. The second-order valence-electron chi connectivity index (χ2n) is 5.95. The molecule has 0 fully saturated rings. The molecule has 2 rings (SSSR count). The summed E-state index contributed by atoms with van der Waals surface area (Å²) >= 11 is 0. The molecule has 2 aromatic heterocycles. The van der Waals surface area contributed by atoms with Crippen molar-refractivity contribution in [3.8, 4) is 17.3 Å². The average Bonchev–Trinajstić information content (AvgIpc) is 2.97. The summed E-state index contributed by atoms with van der Waals surface area (Å²) in [6.07, 6.45) is 2.60. The van der Waals surface area contributed by atoms with Crippen LogP contribution in [0.15, 0.2) is 22.9 Å². The van der Waals surface area contributed by atoms with Crippen LogP contribution in [0.1, 0.15) is 46.9 Å². The van der Waals surface area contributed by atoms with Crippen molar-refractivity contribution >= 4 is 5.91 Å². The van der Waals surface area contributed by atoms with E-state index in [0.717, 1.165) is 12.0 Å². The van der Waals surface area contributed by atoms with Gasteiger partial charge in [0.25, 0.3) is 5.89 Å². The molecule has 0 aliphatic rings. The molecule has 7 nitrogen and oxygen atoms in total. The number of amides is 1. The topological polar surface area (TPSA) is 90.1 Å². The zero-order valence-electron chi connectivity index (χ0n) is 14.1. The second-order valence-corrected chi connectivity index (χ2v) is 5.95. The Morgan fingerprint density at radius 2 is 2.22 bits per heavy atom. The Balaban J connectivity index is 2.23. The number of pyridine rings is 1. The molecule has 0 aliphatic heterocycles. The monoisotopic (exact) mass is 318 g/mol. The fraction of sp³-hybridized carbons (Fsp3) is 0.500. The van der Waals surface area contributed by atoms with Crippen molar-refractivity contribution in [1.29, 1.82) is 0 Å². The van der Waals surface area contributed by atoms with Crippen LogP contribution in [0.4, 0.5) is 0 Å². The summed E-state index contributed by atoms with van der Waals surface area (Å²) in [5.41, 5.74) is 0.00658. The highest BCUT2D eigenvalue weighted by atomic mass is 16.5. The molecule has 0 aliphatic carbocycles. The van der Waals surface area contributed by atoms with E-state index in [9.17, 15) is 4.79 Å². The van der Waals surface area contributed by atoms with E-state index in [1.54, 1.807) is 18.3 Å². The van der Waals surface area contributed by atoms with Gasteiger partial charge in [-0.3, -0.25) is 4.79 Å². The first-order valence-corrected chi connectivity index (χ1v) is 7.58. The summed E-state index contributed by atoms with van der Waals surface area (Å²) in [6, 6.07) is 3.53. The van der Waals surface area contributed by atoms with Gasteiger partial charge >= 0.3 is 0 Å². The lowest BCUT2D eigenvalue weighted by atomic mass is 10.1. The average molecular weight is 318 g/mol. The Bertz CT molecular complexity index is 681. The highest BCUT2D eigenvalue weighted by Gasteiger charge is 2.28. The van der Waals surface area contributed by atoms with Crippen molar-refractivity contribution in [2.45, 2.75) is 52.7 Å². The summed E-state index contributed by atoms with van der Waals surface area (Å²) in [5.74, 6) is 1.12. The standard InChI is InChI=1S/C16H22N4O3/c1-6-10(2)22-13-9-12(7-8-17-13)14-18-15(20-23-14)16(4,5)19-11(3)21/h7-10H,6H2,1-5H3,(H,19,21)/t10-/m1/s1. The van der Waals surface area contributed by atoms with E-state index in [-0.39, 0.29) is 12.0 Å². The van der Waals surface area contributed by atoms with E-state index in [2.05, 4.69) is 20.4 Å². The maximum Gasteiger partial charge on any atom is 0.258 e. The summed E-state index contributed by atoms with van der Waals surface area (Å²) < 4.78 is 11.0. The third kappa shape index (κ3) is 4.28. The Morgan fingerprint density at radius 3 is 2.87 bits per heavy atom. The maximum absolute atomic E-state index is 11.3. The molecule has 2 aromatic rings. The van der Waals surface area contributed by atoms with Crippen LogP contribution in [-0.2, 0) is 10.3 Å². The SMILES string of the molecule is CC[C@@H](C)Oc1cc(-c2nc(C(C)(C)NC(C)=O)no2)ccn1. The number of ether oxygens (including phenoxy) is 1. The van der Waals surface area contributed by atoms with E-state index in [0.29, 0.717) is 17.6 Å². The van der Waals surface area contributed by atoms with Crippen LogP contribution < -0.4 is 10.1 Å². The molecule has 1 amide bonds. The number of carbonyl (C=O) groups is 1. The van der Waals surface area contributed by atoms with Gasteiger partial charge in [0.15, 0.2) is 5.82 Å². The third-order valence-corrected chi connectivity index (χ3v) is 3.35. The van der Waals surface area contributed by atoms with E-state index in [1.165, 1.54) is 6.92 Å². The molecule has 7 heteroatoms. The van der Waals surface area contributed by atoms with Gasteiger partial charge in [-0.25, -0.2) is 4.98 Å². The molecule has 1 N–H and O–H groups in total. The quantitative estimate of drug-likeness (QED) is 0.880. The predicted octanol–water partition coefficient (Wildman–Crippen LogP) is 2.68. The summed E-state index contributed by atoms with van der Waals surface area (Å²) in [6.45, 7) is 9.10.